The minimum atomic E-state index is -0.581. The van der Waals surface area contributed by atoms with Crippen molar-refractivity contribution in [1.82, 2.24) is 0 Å². The number of hydrogen-bond acceptors (Lipinski definition) is 5. The second kappa shape index (κ2) is 5.74. The van der Waals surface area contributed by atoms with Gasteiger partial charge < -0.3 is 15.2 Å². The molecule has 0 aliphatic heterocycles. The van der Waals surface area contributed by atoms with Crippen molar-refractivity contribution in [2.45, 2.75) is 6.92 Å². The zero-order valence-electron chi connectivity index (χ0n) is 9.74. The molecule has 0 saturated carbocycles. The SMILES string of the molecule is CCOC(=O)Nc1ccc(N)cc1C(=N)OC. The van der Waals surface area contributed by atoms with Gasteiger partial charge in [-0.3, -0.25) is 10.7 Å². The van der Waals surface area contributed by atoms with Crippen LogP contribution >= 0.6 is 0 Å². The van der Waals surface area contributed by atoms with Crippen LogP contribution in [-0.2, 0) is 9.47 Å². The predicted molar refractivity (Wildman–Crippen MR) is 65.3 cm³/mol. The minimum Gasteiger partial charge on any atom is -0.481 e. The molecular formula is C11H15N3O3. The lowest BCUT2D eigenvalue weighted by Gasteiger charge is -2.11. The number of nitrogen functional groups attached to an aromatic ring is 1. The lowest BCUT2D eigenvalue weighted by molar-refractivity contribution is 0.168. The molecule has 6 heteroatoms. The van der Waals surface area contributed by atoms with Crippen molar-refractivity contribution in [2.75, 3.05) is 24.8 Å². The van der Waals surface area contributed by atoms with Crippen LogP contribution in [0.3, 0.4) is 0 Å². The first kappa shape index (κ1) is 12.8. The molecule has 0 radical (unpaired) electrons. The summed E-state index contributed by atoms with van der Waals surface area (Å²) in [5.74, 6) is -0.0795. The maximum absolute atomic E-state index is 11.3. The summed E-state index contributed by atoms with van der Waals surface area (Å²) >= 11 is 0. The summed E-state index contributed by atoms with van der Waals surface area (Å²) in [6.07, 6.45) is -0.581. The molecule has 17 heavy (non-hydrogen) atoms. The second-order valence-corrected chi connectivity index (χ2v) is 3.18. The van der Waals surface area contributed by atoms with Gasteiger partial charge in [0.1, 0.15) is 0 Å². The van der Waals surface area contributed by atoms with E-state index < -0.39 is 6.09 Å². The number of nitrogens with one attached hydrogen (secondary N) is 2. The molecule has 0 unspecified atom stereocenters. The van der Waals surface area contributed by atoms with E-state index in [0.717, 1.165) is 0 Å². The van der Waals surface area contributed by atoms with Crippen LogP contribution in [0, 0.1) is 5.41 Å². The Kier molecular flexibility index (Phi) is 4.33. The summed E-state index contributed by atoms with van der Waals surface area (Å²) in [5, 5.41) is 10.1. The van der Waals surface area contributed by atoms with Gasteiger partial charge in [-0.05, 0) is 25.1 Å². The Morgan fingerprint density at radius 3 is 2.82 bits per heavy atom. The Morgan fingerprint density at radius 1 is 1.53 bits per heavy atom. The number of carbonyl (C=O) groups excluding carboxylic acids is 1. The first-order valence-corrected chi connectivity index (χ1v) is 5.04. The molecule has 0 bridgehead atoms. The van der Waals surface area contributed by atoms with E-state index in [1.54, 1.807) is 25.1 Å². The Morgan fingerprint density at radius 2 is 2.24 bits per heavy atom. The van der Waals surface area contributed by atoms with Crippen molar-refractivity contribution in [3.63, 3.8) is 0 Å². The summed E-state index contributed by atoms with van der Waals surface area (Å²) in [6, 6.07) is 4.76. The summed E-state index contributed by atoms with van der Waals surface area (Å²) in [4.78, 5) is 11.3. The highest BCUT2D eigenvalue weighted by atomic mass is 16.5. The van der Waals surface area contributed by atoms with Crippen molar-refractivity contribution >= 4 is 23.4 Å². The first-order valence-electron chi connectivity index (χ1n) is 5.04. The third-order valence-electron chi connectivity index (χ3n) is 2.00. The average molecular weight is 237 g/mol. The van der Waals surface area contributed by atoms with Crippen LogP contribution in [0.25, 0.3) is 0 Å². The molecule has 0 aliphatic carbocycles. The van der Waals surface area contributed by atoms with E-state index in [2.05, 4.69) is 5.32 Å². The van der Waals surface area contributed by atoms with Crippen molar-refractivity contribution in [1.29, 1.82) is 5.41 Å². The number of amides is 1. The van der Waals surface area contributed by atoms with Gasteiger partial charge in [0.2, 0.25) is 5.90 Å². The molecule has 1 aromatic carbocycles. The van der Waals surface area contributed by atoms with Gasteiger partial charge in [0.05, 0.1) is 25.0 Å². The molecule has 0 atom stereocenters. The lowest BCUT2D eigenvalue weighted by atomic mass is 10.1. The molecule has 0 saturated heterocycles. The van der Waals surface area contributed by atoms with E-state index >= 15 is 0 Å². The van der Waals surface area contributed by atoms with Gasteiger partial charge in [-0.1, -0.05) is 0 Å². The lowest BCUT2D eigenvalue weighted by Crippen LogP contribution is -2.16. The standard InChI is InChI=1S/C11H15N3O3/c1-3-17-11(15)14-9-5-4-7(12)6-8(9)10(13)16-2/h4-6,13H,3,12H2,1-2H3,(H,14,15). The number of rotatable bonds is 3. The number of nitrogens with two attached hydrogens (primary N) is 1. The van der Waals surface area contributed by atoms with Crippen molar-refractivity contribution in [3.8, 4) is 0 Å². The quantitative estimate of drug-likeness (QED) is 0.424. The van der Waals surface area contributed by atoms with E-state index in [9.17, 15) is 4.79 Å². The number of anilines is 2. The van der Waals surface area contributed by atoms with Gasteiger partial charge in [-0.25, -0.2) is 4.79 Å². The monoisotopic (exact) mass is 237 g/mol. The first-order chi connectivity index (χ1) is 8.08. The molecule has 0 aromatic heterocycles. The molecule has 0 fully saturated rings. The Balaban J connectivity index is 2.98. The fourth-order valence-electron chi connectivity index (χ4n) is 1.25. The van der Waals surface area contributed by atoms with Crippen molar-refractivity contribution in [3.05, 3.63) is 23.8 Å². The number of benzene rings is 1. The van der Waals surface area contributed by atoms with Gasteiger partial charge in [-0.2, -0.15) is 0 Å². The molecule has 0 spiro atoms. The zero-order chi connectivity index (χ0) is 12.8. The Bertz CT molecular complexity index is 432. The Labute approximate surface area is 99.2 Å². The van der Waals surface area contributed by atoms with E-state index in [0.29, 0.717) is 16.9 Å². The van der Waals surface area contributed by atoms with Crippen LogP contribution in [0.2, 0.25) is 0 Å². The second-order valence-electron chi connectivity index (χ2n) is 3.18. The maximum Gasteiger partial charge on any atom is 0.411 e. The molecule has 1 rings (SSSR count). The predicted octanol–water partition coefficient (Wildman–Crippen LogP) is 1.81. The molecule has 1 amide bonds. The van der Waals surface area contributed by atoms with Gasteiger partial charge in [-0.15, -0.1) is 0 Å². The van der Waals surface area contributed by atoms with Crippen LogP contribution in [-0.4, -0.2) is 25.7 Å². The van der Waals surface area contributed by atoms with Crippen LogP contribution in [0.15, 0.2) is 18.2 Å². The van der Waals surface area contributed by atoms with Crippen LogP contribution in [0.4, 0.5) is 16.2 Å². The summed E-state index contributed by atoms with van der Waals surface area (Å²) in [5.41, 5.74) is 6.92. The number of carbonyl (C=O) groups is 1. The van der Waals surface area contributed by atoms with Crippen molar-refractivity contribution in [2.24, 2.45) is 0 Å². The normalized spacial score (nSPS) is 9.53. The zero-order valence-corrected chi connectivity index (χ0v) is 9.74. The molecule has 0 aliphatic rings. The maximum atomic E-state index is 11.3. The molecule has 6 nitrogen and oxygen atoms in total. The van der Waals surface area contributed by atoms with E-state index in [-0.39, 0.29) is 12.5 Å². The molecule has 1 aromatic rings. The van der Waals surface area contributed by atoms with Crippen LogP contribution in [0.1, 0.15) is 12.5 Å². The minimum absolute atomic E-state index is 0.0795. The fourth-order valence-corrected chi connectivity index (χ4v) is 1.25. The summed E-state index contributed by atoms with van der Waals surface area (Å²) < 4.78 is 9.56. The highest BCUT2D eigenvalue weighted by Crippen LogP contribution is 2.20. The third kappa shape index (κ3) is 3.37. The topological polar surface area (TPSA) is 97.4 Å². The smallest absolute Gasteiger partial charge is 0.411 e. The number of methoxy groups -OCH3 is 1. The molecular weight excluding hydrogens is 222 g/mol. The van der Waals surface area contributed by atoms with Crippen LogP contribution < -0.4 is 11.1 Å². The van der Waals surface area contributed by atoms with Crippen LogP contribution in [0.5, 0.6) is 0 Å². The van der Waals surface area contributed by atoms with Gasteiger partial charge in [0.15, 0.2) is 0 Å². The van der Waals surface area contributed by atoms with E-state index in [1.807, 2.05) is 0 Å². The van der Waals surface area contributed by atoms with Crippen molar-refractivity contribution < 1.29 is 14.3 Å². The molecule has 0 heterocycles. The van der Waals surface area contributed by atoms with E-state index in [1.165, 1.54) is 7.11 Å². The van der Waals surface area contributed by atoms with Gasteiger partial charge in [0.25, 0.3) is 0 Å². The van der Waals surface area contributed by atoms with Gasteiger partial charge >= 0.3 is 6.09 Å². The third-order valence-corrected chi connectivity index (χ3v) is 2.00. The Hall–Kier alpha value is -2.24. The van der Waals surface area contributed by atoms with E-state index in [4.69, 9.17) is 20.6 Å². The number of ether oxygens (including phenoxy) is 2. The molecule has 92 valence electrons. The van der Waals surface area contributed by atoms with Gasteiger partial charge in [0, 0.05) is 5.69 Å². The molecule has 4 N–H and O–H groups in total. The summed E-state index contributed by atoms with van der Waals surface area (Å²) in [6.45, 7) is 1.98. The highest BCUT2D eigenvalue weighted by Gasteiger charge is 2.12. The summed E-state index contributed by atoms with van der Waals surface area (Å²) in [7, 11) is 1.37. The number of hydrogen-bond donors (Lipinski definition) is 3. The highest BCUT2D eigenvalue weighted by molar-refractivity contribution is 6.01. The average Bonchev–Trinajstić information content (AvgIpc) is 2.30. The largest absolute Gasteiger partial charge is 0.481 e. The fraction of sp³-hybridized carbons (Fsp3) is 0.273.